The van der Waals surface area contributed by atoms with Gasteiger partial charge in [0.15, 0.2) is 0 Å². The van der Waals surface area contributed by atoms with Gasteiger partial charge in [-0.1, -0.05) is 5.92 Å². The second kappa shape index (κ2) is 3.55. The molecule has 0 aliphatic carbocycles. The van der Waals surface area contributed by atoms with E-state index in [1.807, 2.05) is 0 Å². The summed E-state index contributed by atoms with van der Waals surface area (Å²) < 4.78 is 12.4. The maximum absolute atomic E-state index is 12.4. The molecule has 0 saturated heterocycles. The number of nitrogens with zero attached hydrogens (tertiary/aromatic N) is 1. The van der Waals surface area contributed by atoms with Crippen molar-refractivity contribution in [1.29, 1.82) is 0 Å². The molecule has 0 spiro atoms. The van der Waals surface area contributed by atoms with Crippen LogP contribution in [0.1, 0.15) is 19.5 Å². The number of pyridine rings is 1. The fourth-order valence-electron chi connectivity index (χ4n) is 0.667. The minimum Gasteiger partial charge on any atom is -0.378 e. The molecule has 2 nitrogen and oxygen atoms in total. The van der Waals surface area contributed by atoms with Crippen molar-refractivity contribution in [2.75, 3.05) is 0 Å². The average molecular weight is 179 g/mol. The Bertz CT molecular complexity index is 340. The summed E-state index contributed by atoms with van der Waals surface area (Å²) in [6.45, 7) is 3.15. The molecule has 0 atom stereocenters. The maximum atomic E-state index is 12.4. The summed E-state index contributed by atoms with van der Waals surface area (Å²) in [4.78, 5) is 3.72. The van der Waals surface area contributed by atoms with Gasteiger partial charge in [-0.3, -0.25) is 0 Å². The Labute approximate surface area is 76.4 Å². The van der Waals surface area contributed by atoms with E-state index in [1.54, 1.807) is 13.8 Å². The largest absolute Gasteiger partial charge is 0.378 e. The lowest BCUT2D eigenvalue weighted by Gasteiger charge is -2.05. The first kappa shape index (κ1) is 9.69. The number of hydrogen-bond acceptors (Lipinski definition) is 2. The minimum atomic E-state index is -1.05. The third-order valence-electron chi connectivity index (χ3n) is 1.22. The molecule has 0 radical (unpaired) electrons. The predicted molar refractivity (Wildman–Crippen MR) is 47.4 cm³/mol. The van der Waals surface area contributed by atoms with Gasteiger partial charge in [0.05, 0.1) is 6.20 Å². The molecule has 3 heteroatoms. The Hall–Kier alpha value is -1.40. The normalized spacial score (nSPS) is 10.5. The lowest BCUT2D eigenvalue weighted by Crippen LogP contribution is -2.14. The number of aliphatic hydroxyl groups is 1. The highest BCUT2D eigenvalue weighted by molar-refractivity contribution is 5.29. The van der Waals surface area contributed by atoms with Crippen molar-refractivity contribution in [2.45, 2.75) is 19.4 Å². The Morgan fingerprint density at radius 3 is 2.62 bits per heavy atom. The van der Waals surface area contributed by atoms with Crippen molar-refractivity contribution in [3.8, 4) is 11.8 Å². The number of rotatable bonds is 0. The fraction of sp³-hybridized carbons (Fsp3) is 0.300. The van der Waals surface area contributed by atoms with Crippen molar-refractivity contribution < 1.29 is 9.50 Å². The highest BCUT2D eigenvalue weighted by Crippen LogP contribution is 1.99. The maximum Gasteiger partial charge on any atom is 0.141 e. The predicted octanol–water partition coefficient (Wildman–Crippen LogP) is 1.34. The van der Waals surface area contributed by atoms with E-state index in [0.717, 1.165) is 6.20 Å². The molecule has 0 aromatic carbocycles. The van der Waals surface area contributed by atoms with Crippen LogP contribution in [0.2, 0.25) is 0 Å². The van der Waals surface area contributed by atoms with E-state index in [2.05, 4.69) is 16.8 Å². The SMILES string of the molecule is CC(C)(O)C#Cc1ccc(F)cn1. The number of hydrogen-bond donors (Lipinski definition) is 1. The lowest BCUT2D eigenvalue weighted by atomic mass is 10.1. The van der Waals surface area contributed by atoms with Crippen molar-refractivity contribution in [2.24, 2.45) is 0 Å². The van der Waals surface area contributed by atoms with E-state index in [1.165, 1.54) is 12.1 Å². The van der Waals surface area contributed by atoms with Crippen LogP contribution >= 0.6 is 0 Å². The Kier molecular flexibility index (Phi) is 2.64. The highest BCUT2D eigenvalue weighted by Gasteiger charge is 2.05. The van der Waals surface area contributed by atoms with Crippen LogP contribution in [0.15, 0.2) is 18.3 Å². The summed E-state index contributed by atoms with van der Waals surface area (Å²) in [6.07, 6.45) is 1.09. The van der Waals surface area contributed by atoms with Crippen molar-refractivity contribution in [3.05, 3.63) is 29.8 Å². The quantitative estimate of drug-likeness (QED) is 0.610. The smallest absolute Gasteiger partial charge is 0.141 e. The number of aromatic nitrogens is 1. The van der Waals surface area contributed by atoms with Gasteiger partial charge in [-0.15, -0.1) is 0 Å². The summed E-state index contributed by atoms with van der Waals surface area (Å²) in [5.41, 5.74) is -0.598. The first-order chi connectivity index (χ1) is 5.97. The van der Waals surface area contributed by atoms with Crippen LogP contribution in [0.5, 0.6) is 0 Å². The molecule has 1 aromatic heterocycles. The Morgan fingerprint density at radius 2 is 2.15 bits per heavy atom. The van der Waals surface area contributed by atoms with Crippen LogP contribution in [-0.4, -0.2) is 15.7 Å². The third kappa shape index (κ3) is 3.68. The van der Waals surface area contributed by atoms with Gasteiger partial charge >= 0.3 is 0 Å². The molecule has 68 valence electrons. The first-order valence-corrected chi connectivity index (χ1v) is 3.84. The molecule has 0 saturated carbocycles. The molecule has 1 heterocycles. The van der Waals surface area contributed by atoms with E-state index in [0.29, 0.717) is 5.69 Å². The molecule has 0 aliphatic heterocycles. The summed E-state index contributed by atoms with van der Waals surface area (Å²) in [5, 5.41) is 9.26. The Balaban J connectivity index is 2.85. The van der Waals surface area contributed by atoms with E-state index in [9.17, 15) is 9.50 Å². The zero-order chi connectivity index (χ0) is 9.90. The monoisotopic (exact) mass is 179 g/mol. The van der Waals surface area contributed by atoms with Crippen molar-refractivity contribution >= 4 is 0 Å². The van der Waals surface area contributed by atoms with E-state index >= 15 is 0 Å². The van der Waals surface area contributed by atoms with E-state index in [-0.39, 0.29) is 0 Å². The summed E-state index contributed by atoms with van der Waals surface area (Å²) in [5.74, 6) is 4.82. The zero-order valence-electron chi connectivity index (χ0n) is 7.50. The van der Waals surface area contributed by atoms with Gasteiger partial charge < -0.3 is 5.11 Å². The molecule has 0 fully saturated rings. The van der Waals surface area contributed by atoms with Crippen molar-refractivity contribution in [3.63, 3.8) is 0 Å². The van der Waals surface area contributed by atoms with Crippen LogP contribution < -0.4 is 0 Å². The molecule has 1 aromatic rings. The summed E-state index contributed by atoms with van der Waals surface area (Å²) in [6, 6.07) is 2.75. The van der Waals surface area contributed by atoms with Gasteiger partial charge in [-0.25, -0.2) is 9.37 Å². The molecule has 0 bridgehead atoms. The van der Waals surface area contributed by atoms with Crippen LogP contribution in [0.3, 0.4) is 0 Å². The van der Waals surface area contributed by atoms with Gasteiger partial charge in [-0.05, 0) is 31.9 Å². The topological polar surface area (TPSA) is 33.1 Å². The average Bonchev–Trinajstić information content (AvgIpc) is 2.02. The fourth-order valence-corrected chi connectivity index (χ4v) is 0.667. The van der Waals surface area contributed by atoms with Gasteiger partial charge in [0, 0.05) is 0 Å². The van der Waals surface area contributed by atoms with E-state index in [4.69, 9.17) is 0 Å². The second-order valence-corrected chi connectivity index (χ2v) is 3.17. The van der Waals surface area contributed by atoms with E-state index < -0.39 is 11.4 Å². The van der Waals surface area contributed by atoms with Crippen LogP contribution in [-0.2, 0) is 0 Å². The van der Waals surface area contributed by atoms with Gasteiger partial charge in [0.2, 0.25) is 0 Å². The van der Waals surface area contributed by atoms with Crippen LogP contribution in [0.4, 0.5) is 4.39 Å². The summed E-state index contributed by atoms with van der Waals surface area (Å²) in [7, 11) is 0. The summed E-state index contributed by atoms with van der Waals surface area (Å²) >= 11 is 0. The van der Waals surface area contributed by atoms with Crippen LogP contribution in [0, 0.1) is 17.7 Å². The molecular weight excluding hydrogens is 169 g/mol. The highest BCUT2D eigenvalue weighted by atomic mass is 19.1. The standard InChI is InChI=1S/C10H10FNO/c1-10(2,13)6-5-9-4-3-8(11)7-12-9/h3-4,7,13H,1-2H3. The molecule has 13 heavy (non-hydrogen) atoms. The number of halogens is 1. The lowest BCUT2D eigenvalue weighted by molar-refractivity contribution is 0.143. The van der Waals surface area contributed by atoms with Crippen LogP contribution in [0.25, 0.3) is 0 Å². The molecule has 0 aliphatic rings. The zero-order valence-corrected chi connectivity index (χ0v) is 7.50. The molecule has 0 unspecified atom stereocenters. The van der Waals surface area contributed by atoms with Gasteiger partial charge in [-0.2, -0.15) is 0 Å². The third-order valence-corrected chi connectivity index (χ3v) is 1.22. The van der Waals surface area contributed by atoms with Gasteiger partial charge in [0.1, 0.15) is 17.1 Å². The molecular formula is C10H10FNO. The molecule has 0 amide bonds. The first-order valence-electron chi connectivity index (χ1n) is 3.84. The van der Waals surface area contributed by atoms with Gasteiger partial charge in [0.25, 0.3) is 0 Å². The second-order valence-electron chi connectivity index (χ2n) is 3.17. The van der Waals surface area contributed by atoms with Crippen molar-refractivity contribution in [1.82, 2.24) is 4.98 Å². The molecule has 1 rings (SSSR count). The Morgan fingerprint density at radius 1 is 1.46 bits per heavy atom. The molecule has 1 N–H and O–H groups in total. The minimum absolute atomic E-state index is 0.395.